The lowest BCUT2D eigenvalue weighted by molar-refractivity contribution is -0.0413. The molecule has 1 saturated heterocycles. The molecule has 0 aromatic rings. The van der Waals surface area contributed by atoms with Crippen molar-refractivity contribution in [2.75, 3.05) is 6.61 Å². The highest BCUT2D eigenvalue weighted by Gasteiger charge is 2.49. The van der Waals surface area contributed by atoms with Crippen molar-refractivity contribution in [3.05, 3.63) is 24.3 Å². The second kappa shape index (κ2) is 3.91. The fraction of sp³-hybridized carbons (Fsp3) is 0.692. The molecular weight excluding hydrogens is 200 g/mol. The molecule has 1 unspecified atom stereocenters. The zero-order valence-corrected chi connectivity index (χ0v) is 11.1. The van der Waals surface area contributed by atoms with Gasteiger partial charge < -0.3 is 4.74 Å². The Labute approximate surface area is 94.2 Å². The van der Waals surface area contributed by atoms with Crippen LogP contribution in [0.4, 0.5) is 0 Å². The zero-order valence-electron chi connectivity index (χ0n) is 10.1. The van der Waals surface area contributed by atoms with Gasteiger partial charge in [0.2, 0.25) is 0 Å². The van der Waals surface area contributed by atoms with Crippen molar-refractivity contribution in [3.63, 3.8) is 0 Å². The first-order valence-corrected chi connectivity index (χ1v) is 9.55. The molecule has 15 heavy (non-hydrogen) atoms. The van der Waals surface area contributed by atoms with Crippen LogP contribution in [0.25, 0.3) is 0 Å². The van der Waals surface area contributed by atoms with Crippen LogP contribution >= 0.6 is 0 Å². The molecule has 0 spiro atoms. The molecule has 1 nitrogen and oxygen atoms in total. The van der Waals surface area contributed by atoms with Crippen LogP contribution in [0, 0.1) is 5.92 Å². The Morgan fingerprint density at radius 2 is 1.80 bits per heavy atom. The van der Waals surface area contributed by atoms with E-state index in [2.05, 4.69) is 43.9 Å². The van der Waals surface area contributed by atoms with Crippen LogP contribution < -0.4 is 0 Å². The van der Waals surface area contributed by atoms with E-state index in [1.54, 1.807) is 0 Å². The maximum Gasteiger partial charge on any atom is 0.0836 e. The fourth-order valence-electron chi connectivity index (χ4n) is 2.91. The Morgan fingerprint density at radius 3 is 2.27 bits per heavy atom. The maximum absolute atomic E-state index is 6.27. The van der Waals surface area contributed by atoms with Crippen LogP contribution in [-0.4, -0.2) is 19.9 Å². The van der Waals surface area contributed by atoms with E-state index in [0.717, 1.165) is 6.61 Å². The lowest BCUT2D eigenvalue weighted by Gasteiger charge is -2.49. The van der Waals surface area contributed by atoms with Crippen molar-refractivity contribution in [1.29, 1.82) is 0 Å². The molecule has 0 aromatic carbocycles. The zero-order chi connectivity index (χ0) is 10.9. The molecule has 1 atom stereocenters. The molecule has 0 aromatic heterocycles. The monoisotopic (exact) mass is 222 g/mol. The van der Waals surface area contributed by atoms with Crippen molar-refractivity contribution in [2.45, 2.75) is 44.1 Å². The van der Waals surface area contributed by atoms with Gasteiger partial charge in [0, 0.05) is 12.5 Å². The van der Waals surface area contributed by atoms with Crippen LogP contribution in [-0.2, 0) is 4.74 Å². The molecule has 1 fully saturated rings. The summed E-state index contributed by atoms with van der Waals surface area (Å²) in [7, 11) is -1.30. The summed E-state index contributed by atoms with van der Waals surface area (Å²) in [5.74, 6) is 0.532. The van der Waals surface area contributed by atoms with Gasteiger partial charge in [-0.15, -0.1) is 0 Å². The van der Waals surface area contributed by atoms with Gasteiger partial charge in [-0.2, -0.15) is 0 Å². The van der Waals surface area contributed by atoms with Crippen molar-refractivity contribution in [2.24, 2.45) is 5.92 Å². The molecular formula is C13H22OSi. The van der Waals surface area contributed by atoms with Crippen LogP contribution in [0.1, 0.15) is 19.3 Å². The minimum Gasteiger partial charge on any atom is -0.378 e. The highest BCUT2D eigenvalue weighted by atomic mass is 28.3. The fourth-order valence-corrected chi connectivity index (χ4v) is 5.57. The van der Waals surface area contributed by atoms with E-state index in [1.165, 1.54) is 19.3 Å². The lowest BCUT2D eigenvalue weighted by atomic mass is 9.96. The SMILES string of the molecule is C[Si](C)(C)C1(C2C=CC=C2)CCCCO1. The summed E-state index contributed by atoms with van der Waals surface area (Å²) in [6.45, 7) is 8.29. The van der Waals surface area contributed by atoms with Gasteiger partial charge >= 0.3 is 0 Å². The Morgan fingerprint density at radius 1 is 1.13 bits per heavy atom. The standard InChI is InChI=1S/C13H22OSi/c1-15(2,3)13(10-6-7-11-14-13)12-8-4-5-9-12/h4-5,8-9,12H,6-7,10-11H2,1-3H3. The Hall–Kier alpha value is -0.343. The molecule has 2 heteroatoms. The number of ether oxygens (including phenoxy) is 1. The third kappa shape index (κ3) is 1.85. The average molecular weight is 222 g/mol. The molecule has 84 valence electrons. The third-order valence-electron chi connectivity index (χ3n) is 3.86. The molecule has 0 bridgehead atoms. The van der Waals surface area contributed by atoms with E-state index in [-0.39, 0.29) is 5.22 Å². The van der Waals surface area contributed by atoms with Crippen molar-refractivity contribution >= 4 is 8.07 Å². The molecule has 0 amide bonds. The van der Waals surface area contributed by atoms with E-state index in [4.69, 9.17) is 4.74 Å². The first kappa shape index (κ1) is 11.2. The smallest absolute Gasteiger partial charge is 0.0836 e. The first-order valence-electron chi connectivity index (χ1n) is 6.05. The molecule has 2 rings (SSSR count). The van der Waals surface area contributed by atoms with E-state index < -0.39 is 8.07 Å². The van der Waals surface area contributed by atoms with Crippen molar-refractivity contribution in [3.8, 4) is 0 Å². The van der Waals surface area contributed by atoms with Gasteiger partial charge in [-0.25, -0.2) is 0 Å². The topological polar surface area (TPSA) is 9.23 Å². The van der Waals surface area contributed by atoms with Gasteiger partial charge in [-0.05, 0) is 19.3 Å². The van der Waals surface area contributed by atoms with Crippen molar-refractivity contribution < 1.29 is 4.74 Å². The second-order valence-electron chi connectivity index (χ2n) is 5.74. The summed E-state index contributed by atoms with van der Waals surface area (Å²) in [5.41, 5.74) is 0. The summed E-state index contributed by atoms with van der Waals surface area (Å²) in [6.07, 6.45) is 12.8. The minimum atomic E-state index is -1.30. The molecule has 0 radical (unpaired) electrons. The van der Waals surface area contributed by atoms with Gasteiger partial charge in [-0.1, -0.05) is 43.9 Å². The van der Waals surface area contributed by atoms with Crippen LogP contribution in [0.5, 0.6) is 0 Å². The van der Waals surface area contributed by atoms with Crippen LogP contribution in [0.3, 0.4) is 0 Å². The third-order valence-corrected chi connectivity index (χ3v) is 7.12. The van der Waals surface area contributed by atoms with Gasteiger partial charge in [0.1, 0.15) is 0 Å². The highest BCUT2D eigenvalue weighted by molar-refractivity contribution is 6.79. The summed E-state index contributed by atoms with van der Waals surface area (Å²) in [6, 6.07) is 0. The molecule has 2 aliphatic rings. The predicted molar refractivity (Wildman–Crippen MR) is 67.7 cm³/mol. The number of hydrogen-bond donors (Lipinski definition) is 0. The van der Waals surface area contributed by atoms with E-state index >= 15 is 0 Å². The van der Waals surface area contributed by atoms with Crippen LogP contribution in [0.2, 0.25) is 19.6 Å². The van der Waals surface area contributed by atoms with E-state index in [0.29, 0.717) is 5.92 Å². The molecule has 0 saturated carbocycles. The van der Waals surface area contributed by atoms with Crippen LogP contribution in [0.15, 0.2) is 24.3 Å². The van der Waals surface area contributed by atoms with E-state index in [1.807, 2.05) is 0 Å². The van der Waals surface area contributed by atoms with Gasteiger partial charge in [0.05, 0.1) is 13.3 Å². The molecule has 1 aliphatic carbocycles. The quantitative estimate of drug-likeness (QED) is 0.649. The lowest BCUT2D eigenvalue weighted by Crippen LogP contribution is -2.59. The summed E-state index contributed by atoms with van der Waals surface area (Å²) in [4.78, 5) is 0. The molecule has 1 aliphatic heterocycles. The Bertz CT molecular complexity index is 267. The minimum absolute atomic E-state index is 0.161. The summed E-state index contributed by atoms with van der Waals surface area (Å²) in [5, 5.41) is 0.161. The number of rotatable bonds is 2. The largest absolute Gasteiger partial charge is 0.378 e. The predicted octanol–water partition coefficient (Wildman–Crippen LogP) is 3.55. The highest BCUT2D eigenvalue weighted by Crippen LogP contribution is 2.42. The van der Waals surface area contributed by atoms with E-state index in [9.17, 15) is 0 Å². The summed E-state index contributed by atoms with van der Waals surface area (Å²) >= 11 is 0. The molecule has 1 heterocycles. The van der Waals surface area contributed by atoms with Crippen molar-refractivity contribution in [1.82, 2.24) is 0 Å². The number of allylic oxidation sites excluding steroid dienone is 2. The Balaban J connectivity index is 2.29. The molecule has 0 N–H and O–H groups in total. The normalized spacial score (nSPS) is 32.5. The number of hydrogen-bond acceptors (Lipinski definition) is 1. The average Bonchev–Trinajstić information content (AvgIpc) is 2.70. The Kier molecular flexibility index (Phi) is 2.91. The van der Waals surface area contributed by atoms with Gasteiger partial charge in [0.25, 0.3) is 0 Å². The maximum atomic E-state index is 6.27. The van der Waals surface area contributed by atoms with Gasteiger partial charge in [-0.3, -0.25) is 0 Å². The van der Waals surface area contributed by atoms with Gasteiger partial charge in [0.15, 0.2) is 0 Å². The second-order valence-corrected chi connectivity index (χ2v) is 11.1. The first-order chi connectivity index (χ1) is 7.06. The summed E-state index contributed by atoms with van der Waals surface area (Å²) < 4.78 is 6.27.